The van der Waals surface area contributed by atoms with Gasteiger partial charge in [-0.15, -0.1) is 12.4 Å². The first-order valence-corrected chi connectivity index (χ1v) is 8.20. The number of amides is 1. The molecule has 23 heavy (non-hydrogen) atoms. The third-order valence-electron chi connectivity index (χ3n) is 4.06. The summed E-state index contributed by atoms with van der Waals surface area (Å²) in [5, 5.41) is 2.97. The number of ether oxygens (including phenoxy) is 1. The fourth-order valence-corrected chi connectivity index (χ4v) is 3.01. The van der Waals surface area contributed by atoms with Crippen LogP contribution in [0.15, 0.2) is 24.3 Å². The Kier molecular flexibility index (Phi) is 8.99. The van der Waals surface area contributed by atoms with Gasteiger partial charge in [0.15, 0.2) is 0 Å². The Labute approximate surface area is 145 Å². The first-order chi connectivity index (χ1) is 10.7. The van der Waals surface area contributed by atoms with Crippen molar-refractivity contribution in [1.29, 1.82) is 0 Å². The van der Waals surface area contributed by atoms with Gasteiger partial charge in [-0.05, 0) is 51.4 Å². The quantitative estimate of drug-likeness (QED) is 0.800. The first-order valence-electron chi connectivity index (χ1n) is 8.20. The van der Waals surface area contributed by atoms with E-state index in [1.54, 1.807) is 0 Å². The number of hydrogen-bond donors (Lipinski definition) is 2. The zero-order chi connectivity index (χ0) is 15.8. The minimum atomic E-state index is 0. The molecule has 1 amide bonds. The van der Waals surface area contributed by atoms with Crippen molar-refractivity contribution in [2.75, 3.05) is 31.6 Å². The van der Waals surface area contributed by atoms with E-state index in [1.165, 1.54) is 6.42 Å². The van der Waals surface area contributed by atoms with Crippen LogP contribution < -0.4 is 15.8 Å². The molecule has 1 atom stereocenters. The lowest BCUT2D eigenvalue weighted by Crippen LogP contribution is -2.44. The number of rotatable bonds is 7. The fourth-order valence-electron chi connectivity index (χ4n) is 3.01. The van der Waals surface area contributed by atoms with E-state index < -0.39 is 0 Å². The molecule has 1 heterocycles. The Balaban J connectivity index is 0.00000264. The predicted octanol–water partition coefficient (Wildman–Crippen LogP) is 2.65. The molecule has 1 aliphatic heterocycles. The first kappa shape index (κ1) is 19.7. The number of nitrogens with two attached hydrogens (primary N) is 1. The average Bonchev–Trinajstić information content (AvgIpc) is 2.52. The van der Waals surface area contributed by atoms with Crippen molar-refractivity contribution in [2.45, 2.75) is 38.6 Å². The lowest BCUT2D eigenvalue weighted by Gasteiger charge is -2.35. The zero-order valence-corrected chi connectivity index (χ0v) is 14.6. The summed E-state index contributed by atoms with van der Waals surface area (Å²) in [5.74, 6) is 0.728. The number of benzene rings is 1. The Hall–Kier alpha value is -1.30. The minimum absolute atomic E-state index is 0. The smallest absolute Gasteiger partial charge is 0.238 e. The third kappa shape index (κ3) is 6.01. The third-order valence-corrected chi connectivity index (χ3v) is 4.06. The van der Waals surface area contributed by atoms with Crippen LogP contribution in [0.25, 0.3) is 0 Å². The summed E-state index contributed by atoms with van der Waals surface area (Å²) in [4.78, 5) is 14.6. The number of carbonyl (C=O) groups is 1. The van der Waals surface area contributed by atoms with E-state index >= 15 is 0 Å². The van der Waals surface area contributed by atoms with E-state index in [2.05, 4.69) is 10.2 Å². The molecule has 1 aromatic rings. The van der Waals surface area contributed by atoms with Gasteiger partial charge in [-0.2, -0.15) is 0 Å². The summed E-state index contributed by atoms with van der Waals surface area (Å²) in [6.45, 7) is 4.59. The molecular formula is C17H28ClN3O2. The lowest BCUT2D eigenvalue weighted by atomic mass is 9.99. The van der Waals surface area contributed by atoms with Crippen LogP contribution in [0.5, 0.6) is 5.75 Å². The van der Waals surface area contributed by atoms with Crippen molar-refractivity contribution in [3.8, 4) is 5.75 Å². The standard InChI is InChI=1S/C17H27N3O2.ClH/c1-2-22-16-9-4-3-8-15(16)19-17(21)13-20-12-6-5-7-14(20)10-11-18;/h3-4,8-9,14H,2,5-7,10-13,18H2,1H3,(H,19,21);1H. The van der Waals surface area contributed by atoms with E-state index in [0.29, 0.717) is 25.7 Å². The monoisotopic (exact) mass is 341 g/mol. The van der Waals surface area contributed by atoms with Crippen LogP contribution in [0, 0.1) is 0 Å². The van der Waals surface area contributed by atoms with Gasteiger partial charge >= 0.3 is 0 Å². The Morgan fingerprint density at radius 3 is 2.91 bits per heavy atom. The van der Waals surface area contributed by atoms with E-state index in [9.17, 15) is 4.79 Å². The van der Waals surface area contributed by atoms with E-state index in [0.717, 1.165) is 37.2 Å². The minimum Gasteiger partial charge on any atom is -0.492 e. The van der Waals surface area contributed by atoms with Crippen molar-refractivity contribution in [2.24, 2.45) is 5.73 Å². The van der Waals surface area contributed by atoms with Crippen LogP contribution >= 0.6 is 12.4 Å². The topological polar surface area (TPSA) is 67.6 Å². The molecule has 5 nitrogen and oxygen atoms in total. The molecule has 6 heteroatoms. The van der Waals surface area contributed by atoms with Crippen LogP contribution in [0.1, 0.15) is 32.6 Å². The Morgan fingerprint density at radius 2 is 2.17 bits per heavy atom. The fraction of sp³-hybridized carbons (Fsp3) is 0.588. The summed E-state index contributed by atoms with van der Waals surface area (Å²) in [5.41, 5.74) is 6.42. The molecule has 3 N–H and O–H groups in total. The number of piperidine rings is 1. The molecule has 0 spiro atoms. The second-order valence-electron chi connectivity index (χ2n) is 5.67. The molecule has 130 valence electrons. The van der Waals surface area contributed by atoms with Crippen LogP contribution in [-0.4, -0.2) is 43.1 Å². The van der Waals surface area contributed by atoms with Gasteiger partial charge in [0.2, 0.25) is 5.91 Å². The van der Waals surface area contributed by atoms with Gasteiger partial charge in [0.25, 0.3) is 0 Å². The molecule has 0 radical (unpaired) electrons. The SMILES string of the molecule is CCOc1ccccc1NC(=O)CN1CCCCC1CCN.Cl. The van der Waals surface area contributed by atoms with Crippen LogP contribution in [0.4, 0.5) is 5.69 Å². The number of carbonyl (C=O) groups excluding carboxylic acids is 1. The highest BCUT2D eigenvalue weighted by Crippen LogP contribution is 2.24. The Morgan fingerprint density at radius 1 is 1.39 bits per heavy atom. The zero-order valence-electron chi connectivity index (χ0n) is 13.8. The van der Waals surface area contributed by atoms with Crippen molar-refractivity contribution < 1.29 is 9.53 Å². The van der Waals surface area contributed by atoms with Crippen LogP contribution in [0.3, 0.4) is 0 Å². The second-order valence-corrected chi connectivity index (χ2v) is 5.67. The molecule has 1 unspecified atom stereocenters. The molecular weight excluding hydrogens is 314 g/mol. The predicted molar refractivity (Wildman–Crippen MR) is 96.4 cm³/mol. The number of likely N-dealkylation sites (tertiary alicyclic amines) is 1. The van der Waals surface area contributed by atoms with Gasteiger partial charge < -0.3 is 15.8 Å². The number of hydrogen-bond acceptors (Lipinski definition) is 4. The molecule has 1 aromatic carbocycles. The highest BCUT2D eigenvalue weighted by Gasteiger charge is 2.23. The van der Waals surface area contributed by atoms with E-state index in [4.69, 9.17) is 10.5 Å². The van der Waals surface area contributed by atoms with Crippen molar-refractivity contribution in [1.82, 2.24) is 4.90 Å². The molecule has 0 aromatic heterocycles. The highest BCUT2D eigenvalue weighted by atomic mass is 35.5. The maximum atomic E-state index is 12.3. The number of nitrogens with zero attached hydrogens (tertiary/aromatic N) is 1. The summed E-state index contributed by atoms with van der Waals surface area (Å²) < 4.78 is 5.54. The molecule has 1 aliphatic rings. The van der Waals surface area contributed by atoms with Gasteiger partial charge in [0.1, 0.15) is 5.75 Å². The average molecular weight is 342 g/mol. The molecule has 2 rings (SSSR count). The molecule has 1 saturated heterocycles. The number of halogens is 1. The summed E-state index contributed by atoms with van der Waals surface area (Å²) in [6, 6.07) is 7.98. The van der Waals surface area contributed by atoms with Crippen molar-refractivity contribution in [3.05, 3.63) is 24.3 Å². The van der Waals surface area contributed by atoms with Gasteiger partial charge in [-0.3, -0.25) is 9.69 Å². The van der Waals surface area contributed by atoms with Crippen molar-refractivity contribution in [3.63, 3.8) is 0 Å². The summed E-state index contributed by atoms with van der Waals surface area (Å²) in [6.07, 6.45) is 4.49. The highest BCUT2D eigenvalue weighted by molar-refractivity contribution is 5.93. The lowest BCUT2D eigenvalue weighted by molar-refractivity contribution is -0.118. The number of para-hydroxylation sites is 2. The molecule has 0 aliphatic carbocycles. The van der Waals surface area contributed by atoms with Gasteiger partial charge in [0, 0.05) is 6.04 Å². The largest absolute Gasteiger partial charge is 0.492 e. The molecule has 0 bridgehead atoms. The summed E-state index contributed by atoms with van der Waals surface area (Å²) >= 11 is 0. The normalized spacial score (nSPS) is 18.1. The van der Waals surface area contributed by atoms with Gasteiger partial charge in [-0.25, -0.2) is 0 Å². The number of nitrogens with one attached hydrogen (secondary N) is 1. The van der Waals surface area contributed by atoms with Crippen LogP contribution in [-0.2, 0) is 4.79 Å². The van der Waals surface area contributed by atoms with Gasteiger partial charge in [-0.1, -0.05) is 18.6 Å². The second kappa shape index (κ2) is 10.5. The van der Waals surface area contributed by atoms with Gasteiger partial charge in [0.05, 0.1) is 18.8 Å². The molecule has 1 fully saturated rings. The molecule has 0 saturated carbocycles. The van der Waals surface area contributed by atoms with E-state index in [1.807, 2.05) is 31.2 Å². The summed E-state index contributed by atoms with van der Waals surface area (Å²) in [7, 11) is 0. The Bertz CT molecular complexity index is 483. The maximum Gasteiger partial charge on any atom is 0.238 e. The maximum absolute atomic E-state index is 12.3. The number of anilines is 1. The van der Waals surface area contributed by atoms with E-state index in [-0.39, 0.29) is 18.3 Å². The van der Waals surface area contributed by atoms with Crippen LogP contribution in [0.2, 0.25) is 0 Å². The van der Waals surface area contributed by atoms with Crippen molar-refractivity contribution >= 4 is 24.0 Å².